The van der Waals surface area contributed by atoms with Crippen molar-refractivity contribution in [1.29, 1.82) is 0 Å². The molecule has 0 aromatic heterocycles. The number of likely N-dealkylation sites (tertiary alicyclic amines) is 1. The van der Waals surface area contributed by atoms with E-state index in [1.54, 1.807) is 0 Å². The average molecular weight is 355 g/mol. The number of imide groups is 1. The molecule has 1 unspecified atom stereocenters. The Labute approximate surface area is 130 Å². The van der Waals surface area contributed by atoms with Gasteiger partial charge in [0, 0.05) is 24.5 Å². The van der Waals surface area contributed by atoms with Gasteiger partial charge in [-0.3, -0.25) is 14.5 Å². The number of likely N-dealkylation sites (N-methyl/N-ethyl adjacent to an activating group) is 1. The van der Waals surface area contributed by atoms with Crippen LogP contribution < -0.4 is 14.8 Å². The summed E-state index contributed by atoms with van der Waals surface area (Å²) >= 11 is 3.49. The van der Waals surface area contributed by atoms with Gasteiger partial charge in [-0.2, -0.15) is 0 Å². The van der Waals surface area contributed by atoms with E-state index in [1.807, 2.05) is 12.1 Å². The third-order valence-corrected chi connectivity index (χ3v) is 4.47. The van der Waals surface area contributed by atoms with Gasteiger partial charge in [0.1, 0.15) is 0 Å². The molecule has 0 aliphatic carbocycles. The highest BCUT2D eigenvalue weighted by atomic mass is 79.9. The van der Waals surface area contributed by atoms with Crippen molar-refractivity contribution in [2.24, 2.45) is 0 Å². The van der Waals surface area contributed by atoms with Gasteiger partial charge in [0.15, 0.2) is 11.5 Å². The molecule has 3 rings (SSSR count). The molecule has 2 heterocycles. The number of nitrogens with one attached hydrogen (secondary N) is 1. The van der Waals surface area contributed by atoms with Crippen LogP contribution in [0, 0.1) is 0 Å². The van der Waals surface area contributed by atoms with E-state index in [1.165, 1.54) is 11.9 Å². The Balaban J connectivity index is 1.68. The van der Waals surface area contributed by atoms with Crippen LogP contribution in [0.4, 0.5) is 0 Å². The number of carbonyl (C=O) groups excluding carboxylic acids is 2. The van der Waals surface area contributed by atoms with Crippen molar-refractivity contribution >= 4 is 27.7 Å². The van der Waals surface area contributed by atoms with Crippen LogP contribution in [0.3, 0.4) is 0 Å². The Kier molecular flexibility index (Phi) is 3.86. The van der Waals surface area contributed by atoms with Crippen LogP contribution in [-0.2, 0) is 16.1 Å². The van der Waals surface area contributed by atoms with E-state index in [0.717, 1.165) is 10.0 Å². The minimum Gasteiger partial charge on any atom is -0.454 e. The van der Waals surface area contributed by atoms with Crippen LogP contribution in [0.25, 0.3) is 0 Å². The van der Waals surface area contributed by atoms with Gasteiger partial charge in [-0.25, -0.2) is 0 Å². The summed E-state index contributed by atoms with van der Waals surface area (Å²) in [6.45, 7) is 0.738. The SMILES string of the molecule is CN1C(=O)CCC(NCc2cc3c(cc2Br)OCO3)C1=O. The molecule has 112 valence electrons. The van der Waals surface area contributed by atoms with Crippen molar-refractivity contribution in [3.63, 3.8) is 0 Å². The standard InChI is InChI=1S/C14H15BrN2O4/c1-17-13(18)3-2-10(14(17)19)16-6-8-4-11-12(5-9(8)15)21-7-20-11/h4-5,10,16H,2-3,6-7H2,1H3. The Morgan fingerprint density at radius 1 is 1.33 bits per heavy atom. The minimum absolute atomic E-state index is 0.123. The van der Waals surface area contributed by atoms with Crippen LogP contribution >= 0.6 is 15.9 Å². The van der Waals surface area contributed by atoms with Gasteiger partial charge in [-0.05, 0) is 24.1 Å². The zero-order valence-electron chi connectivity index (χ0n) is 11.5. The lowest BCUT2D eigenvalue weighted by Gasteiger charge is -2.28. The maximum atomic E-state index is 12.0. The fourth-order valence-electron chi connectivity index (χ4n) is 2.43. The summed E-state index contributed by atoms with van der Waals surface area (Å²) in [6, 6.07) is 3.42. The van der Waals surface area contributed by atoms with Gasteiger partial charge in [0.25, 0.3) is 0 Å². The number of halogens is 1. The summed E-state index contributed by atoms with van der Waals surface area (Å²) in [4.78, 5) is 24.7. The van der Waals surface area contributed by atoms with Gasteiger partial charge >= 0.3 is 0 Å². The number of amides is 2. The van der Waals surface area contributed by atoms with Gasteiger partial charge < -0.3 is 14.8 Å². The van der Waals surface area contributed by atoms with E-state index in [2.05, 4.69) is 21.2 Å². The van der Waals surface area contributed by atoms with Crippen molar-refractivity contribution in [2.75, 3.05) is 13.8 Å². The first-order valence-corrected chi connectivity index (χ1v) is 7.47. The van der Waals surface area contributed by atoms with Crippen LogP contribution in [0.2, 0.25) is 0 Å². The summed E-state index contributed by atoms with van der Waals surface area (Å²) in [6.07, 6.45) is 0.923. The molecule has 0 radical (unpaired) electrons. The van der Waals surface area contributed by atoms with E-state index in [4.69, 9.17) is 9.47 Å². The Hall–Kier alpha value is -1.60. The maximum absolute atomic E-state index is 12.0. The van der Waals surface area contributed by atoms with Gasteiger partial charge in [-0.1, -0.05) is 15.9 Å². The fourth-order valence-corrected chi connectivity index (χ4v) is 2.90. The second-order valence-corrected chi connectivity index (χ2v) is 5.91. The van der Waals surface area contributed by atoms with Crippen LogP contribution in [0.5, 0.6) is 11.5 Å². The van der Waals surface area contributed by atoms with E-state index in [9.17, 15) is 9.59 Å². The maximum Gasteiger partial charge on any atom is 0.246 e. The second kappa shape index (κ2) is 5.65. The van der Waals surface area contributed by atoms with E-state index < -0.39 is 0 Å². The highest BCUT2D eigenvalue weighted by molar-refractivity contribution is 9.10. The van der Waals surface area contributed by atoms with Crippen LogP contribution in [0.1, 0.15) is 18.4 Å². The van der Waals surface area contributed by atoms with Crippen LogP contribution in [0.15, 0.2) is 16.6 Å². The van der Waals surface area contributed by atoms with Gasteiger partial charge in [0.05, 0.1) is 6.04 Å². The highest BCUT2D eigenvalue weighted by Gasteiger charge is 2.31. The van der Waals surface area contributed by atoms with Gasteiger partial charge in [0.2, 0.25) is 18.6 Å². The first kappa shape index (κ1) is 14.3. The van der Waals surface area contributed by atoms with Crippen molar-refractivity contribution in [3.05, 3.63) is 22.2 Å². The molecule has 2 aliphatic rings. The number of ether oxygens (including phenoxy) is 2. The monoisotopic (exact) mass is 354 g/mol. The Morgan fingerprint density at radius 3 is 2.81 bits per heavy atom. The zero-order chi connectivity index (χ0) is 15.0. The predicted octanol–water partition coefficient (Wildman–Crippen LogP) is 1.41. The highest BCUT2D eigenvalue weighted by Crippen LogP contribution is 2.36. The number of piperidine rings is 1. The summed E-state index contributed by atoms with van der Waals surface area (Å²) in [7, 11) is 1.52. The van der Waals surface area contributed by atoms with Crippen molar-refractivity contribution in [2.45, 2.75) is 25.4 Å². The smallest absolute Gasteiger partial charge is 0.246 e. The van der Waals surface area contributed by atoms with E-state index >= 15 is 0 Å². The summed E-state index contributed by atoms with van der Waals surface area (Å²) in [5.41, 5.74) is 0.978. The first-order valence-electron chi connectivity index (χ1n) is 6.68. The molecule has 1 atom stereocenters. The molecule has 6 nitrogen and oxygen atoms in total. The number of benzene rings is 1. The molecule has 0 spiro atoms. The summed E-state index contributed by atoms with van der Waals surface area (Å²) in [5.74, 6) is 1.12. The number of nitrogens with zero attached hydrogens (tertiary/aromatic N) is 1. The number of hydrogen-bond donors (Lipinski definition) is 1. The second-order valence-electron chi connectivity index (χ2n) is 5.06. The third kappa shape index (κ3) is 2.75. The molecule has 1 saturated heterocycles. The van der Waals surface area contributed by atoms with Crippen molar-refractivity contribution in [3.8, 4) is 11.5 Å². The van der Waals surface area contributed by atoms with Crippen LogP contribution in [-0.4, -0.2) is 36.6 Å². The molecular weight excluding hydrogens is 340 g/mol. The quantitative estimate of drug-likeness (QED) is 0.831. The molecule has 2 amide bonds. The predicted molar refractivity (Wildman–Crippen MR) is 77.9 cm³/mol. The lowest BCUT2D eigenvalue weighted by molar-refractivity contribution is -0.148. The molecule has 1 fully saturated rings. The molecule has 21 heavy (non-hydrogen) atoms. The average Bonchev–Trinajstić information content (AvgIpc) is 2.91. The topological polar surface area (TPSA) is 67.9 Å². The molecule has 1 aromatic rings. The molecule has 0 saturated carbocycles. The largest absolute Gasteiger partial charge is 0.454 e. The number of hydrogen-bond acceptors (Lipinski definition) is 5. The molecule has 1 N–H and O–H groups in total. The Bertz CT molecular complexity index is 605. The van der Waals surface area contributed by atoms with Crippen molar-refractivity contribution in [1.82, 2.24) is 10.2 Å². The number of fused-ring (bicyclic) bond motifs is 1. The third-order valence-electron chi connectivity index (χ3n) is 3.73. The molecule has 1 aromatic carbocycles. The normalized spacial score (nSPS) is 21.0. The zero-order valence-corrected chi connectivity index (χ0v) is 13.1. The Morgan fingerprint density at radius 2 is 2.05 bits per heavy atom. The first-order chi connectivity index (χ1) is 10.1. The minimum atomic E-state index is -0.329. The lowest BCUT2D eigenvalue weighted by atomic mass is 10.0. The van der Waals surface area contributed by atoms with Crippen molar-refractivity contribution < 1.29 is 19.1 Å². The molecule has 0 bridgehead atoms. The number of carbonyl (C=O) groups is 2. The number of rotatable bonds is 3. The summed E-state index contributed by atoms with van der Waals surface area (Å²) in [5, 5.41) is 3.20. The van der Waals surface area contributed by atoms with E-state index in [-0.39, 0.29) is 24.6 Å². The molecular formula is C14H15BrN2O4. The fraction of sp³-hybridized carbons (Fsp3) is 0.429. The molecule has 2 aliphatic heterocycles. The van der Waals surface area contributed by atoms with Gasteiger partial charge in [-0.15, -0.1) is 0 Å². The molecule has 7 heteroatoms. The van der Waals surface area contributed by atoms with E-state index in [0.29, 0.717) is 30.9 Å². The summed E-state index contributed by atoms with van der Waals surface area (Å²) < 4.78 is 11.5. The lowest BCUT2D eigenvalue weighted by Crippen LogP contribution is -2.51.